The van der Waals surface area contributed by atoms with Gasteiger partial charge in [0.2, 0.25) is 0 Å². The molecule has 0 amide bonds. The molecule has 5 heteroatoms. The minimum absolute atomic E-state index is 0.0287. The van der Waals surface area contributed by atoms with Crippen LogP contribution in [-0.2, 0) is 0 Å². The molecule has 2 aromatic carbocycles. The highest BCUT2D eigenvalue weighted by Crippen LogP contribution is 2.36. The maximum absolute atomic E-state index is 12.3. The summed E-state index contributed by atoms with van der Waals surface area (Å²) < 4.78 is 10.8. The van der Waals surface area contributed by atoms with Crippen molar-refractivity contribution < 1.29 is 24.2 Å². The van der Waals surface area contributed by atoms with Crippen LogP contribution in [0.25, 0.3) is 0 Å². The molecule has 0 unspecified atom stereocenters. The van der Waals surface area contributed by atoms with Crippen LogP contribution in [-0.4, -0.2) is 29.9 Å². The average Bonchev–Trinajstić information content (AvgIpc) is 2.59. The number of phenolic OH excluding ortho intramolecular Hbond substituents is 1. The second kappa shape index (κ2) is 6.52. The van der Waals surface area contributed by atoms with E-state index >= 15 is 0 Å². The second-order valence-electron chi connectivity index (χ2n) is 5.23. The number of carbonyl (C=O) groups excluding carboxylic acids is 2. The van der Waals surface area contributed by atoms with E-state index in [1.54, 1.807) is 24.3 Å². The van der Waals surface area contributed by atoms with Crippen molar-refractivity contribution in [2.75, 3.05) is 13.2 Å². The van der Waals surface area contributed by atoms with Gasteiger partial charge in [0.1, 0.15) is 19.0 Å². The third kappa shape index (κ3) is 3.34. The van der Waals surface area contributed by atoms with Crippen LogP contribution in [0.4, 0.5) is 0 Å². The lowest BCUT2D eigenvalue weighted by Gasteiger charge is -2.19. The smallest absolute Gasteiger partial charge is 0.167 e. The number of phenols is 1. The monoisotopic (exact) mass is 312 g/mol. The molecule has 0 radical (unpaired) electrons. The molecule has 3 rings (SSSR count). The average molecular weight is 312 g/mol. The van der Waals surface area contributed by atoms with Crippen molar-refractivity contribution in [3.8, 4) is 17.2 Å². The molecular formula is C18H16O5. The third-order valence-electron chi connectivity index (χ3n) is 3.64. The Morgan fingerprint density at radius 2 is 1.52 bits per heavy atom. The van der Waals surface area contributed by atoms with E-state index in [4.69, 9.17) is 9.47 Å². The van der Waals surface area contributed by atoms with E-state index in [0.717, 1.165) is 0 Å². The number of rotatable bonds is 5. The van der Waals surface area contributed by atoms with E-state index in [2.05, 4.69) is 0 Å². The number of benzene rings is 2. The van der Waals surface area contributed by atoms with Crippen molar-refractivity contribution in [1.82, 2.24) is 0 Å². The number of Topliss-reactive ketones (excluding diaryl/α,β-unsaturated/α-hetero) is 2. The van der Waals surface area contributed by atoms with Gasteiger partial charge in [-0.3, -0.25) is 9.59 Å². The van der Waals surface area contributed by atoms with Gasteiger partial charge in [-0.2, -0.15) is 0 Å². The zero-order chi connectivity index (χ0) is 16.2. The molecule has 118 valence electrons. The lowest BCUT2D eigenvalue weighted by Crippen LogP contribution is -2.16. The summed E-state index contributed by atoms with van der Waals surface area (Å²) >= 11 is 0. The van der Waals surface area contributed by atoms with Crippen molar-refractivity contribution in [2.24, 2.45) is 0 Å². The third-order valence-corrected chi connectivity index (χ3v) is 3.64. The second-order valence-corrected chi connectivity index (χ2v) is 5.23. The van der Waals surface area contributed by atoms with Gasteiger partial charge in [0.25, 0.3) is 0 Å². The van der Waals surface area contributed by atoms with Crippen LogP contribution in [0.3, 0.4) is 0 Å². The first-order valence-electron chi connectivity index (χ1n) is 7.39. The van der Waals surface area contributed by atoms with Gasteiger partial charge in [0.15, 0.2) is 23.1 Å². The summed E-state index contributed by atoms with van der Waals surface area (Å²) in [6.07, 6.45) is 0.123. The predicted octanol–water partition coefficient (Wildman–Crippen LogP) is 3.01. The van der Waals surface area contributed by atoms with E-state index < -0.39 is 0 Å². The summed E-state index contributed by atoms with van der Waals surface area (Å²) in [4.78, 5) is 24.3. The standard InChI is InChI=1S/C18H16O5/c19-14(12-4-2-1-3-5-12)6-7-15(20)13-10-17-18(11-16(13)21)23-9-8-22-17/h1-5,10-11,21H,6-9H2. The molecule has 0 aliphatic carbocycles. The summed E-state index contributed by atoms with van der Waals surface area (Å²) in [6, 6.07) is 11.7. The summed E-state index contributed by atoms with van der Waals surface area (Å²) in [5, 5.41) is 9.98. The van der Waals surface area contributed by atoms with E-state index in [-0.39, 0.29) is 35.7 Å². The first kappa shape index (κ1) is 15.1. The molecule has 0 aromatic heterocycles. The molecule has 0 fully saturated rings. The molecule has 0 saturated heterocycles. The Labute approximate surface area is 133 Å². The topological polar surface area (TPSA) is 72.8 Å². The first-order chi connectivity index (χ1) is 11.1. The summed E-state index contributed by atoms with van der Waals surface area (Å²) in [5.41, 5.74) is 0.724. The molecule has 23 heavy (non-hydrogen) atoms. The molecule has 1 N–H and O–H groups in total. The highest BCUT2D eigenvalue weighted by molar-refractivity contribution is 6.03. The van der Waals surface area contributed by atoms with E-state index in [9.17, 15) is 14.7 Å². The summed E-state index contributed by atoms with van der Waals surface area (Å²) in [6.45, 7) is 0.809. The fraction of sp³-hybridized carbons (Fsp3) is 0.222. The Hall–Kier alpha value is -2.82. The lowest BCUT2D eigenvalue weighted by atomic mass is 10.0. The van der Waals surface area contributed by atoms with Gasteiger partial charge in [-0.1, -0.05) is 30.3 Å². The lowest BCUT2D eigenvalue weighted by molar-refractivity contribution is 0.0915. The molecule has 0 bridgehead atoms. The van der Waals surface area contributed by atoms with Gasteiger partial charge < -0.3 is 14.6 Å². The quantitative estimate of drug-likeness (QED) is 0.859. The number of aromatic hydroxyl groups is 1. The van der Waals surface area contributed by atoms with Crippen LogP contribution in [0.5, 0.6) is 17.2 Å². The fourth-order valence-electron chi connectivity index (χ4n) is 2.43. The molecule has 2 aromatic rings. The zero-order valence-corrected chi connectivity index (χ0v) is 12.5. The Morgan fingerprint density at radius 1 is 0.913 bits per heavy atom. The van der Waals surface area contributed by atoms with Crippen LogP contribution in [0.15, 0.2) is 42.5 Å². The molecular weight excluding hydrogens is 296 g/mol. The minimum atomic E-state index is -0.302. The summed E-state index contributed by atoms with van der Waals surface area (Å²) in [7, 11) is 0. The van der Waals surface area contributed by atoms with Gasteiger partial charge in [-0.15, -0.1) is 0 Å². The Morgan fingerprint density at radius 3 is 2.22 bits per heavy atom. The highest BCUT2D eigenvalue weighted by atomic mass is 16.6. The number of carbonyl (C=O) groups is 2. The number of ketones is 2. The van der Waals surface area contributed by atoms with E-state index in [0.29, 0.717) is 30.3 Å². The molecule has 0 saturated carbocycles. The van der Waals surface area contributed by atoms with Crippen LogP contribution < -0.4 is 9.47 Å². The number of ether oxygens (including phenoxy) is 2. The van der Waals surface area contributed by atoms with Crippen LogP contribution in [0.2, 0.25) is 0 Å². The van der Waals surface area contributed by atoms with Crippen molar-refractivity contribution in [3.63, 3.8) is 0 Å². The molecule has 1 aliphatic rings. The van der Waals surface area contributed by atoms with Crippen molar-refractivity contribution in [1.29, 1.82) is 0 Å². The molecule has 1 aliphatic heterocycles. The van der Waals surface area contributed by atoms with Crippen LogP contribution in [0, 0.1) is 0 Å². The number of fused-ring (bicyclic) bond motifs is 1. The predicted molar refractivity (Wildman–Crippen MR) is 83.4 cm³/mol. The van der Waals surface area contributed by atoms with Gasteiger partial charge >= 0.3 is 0 Å². The number of hydrogen-bond acceptors (Lipinski definition) is 5. The summed E-state index contributed by atoms with van der Waals surface area (Å²) in [5.74, 6) is 0.295. The fourth-order valence-corrected chi connectivity index (χ4v) is 2.43. The SMILES string of the molecule is O=C(CCC(=O)c1cc2c(cc1O)OCCO2)c1ccccc1. The first-order valence-corrected chi connectivity index (χ1v) is 7.39. The van der Waals surface area contributed by atoms with Crippen LogP contribution >= 0.6 is 0 Å². The van der Waals surface area contributed by atoms with E-state index in [1.807, 2.05) is 6.07 Å². The minimum Gasteiger partial charge on any atom is -0.507 e. The largest absolute Gasteiger partial charge is 0.507 e. The molecule has 0 atom stereocenters. The molecule has 0 spiro atoms. The maximum atomic E-state index is 12.3. The Bertz CT molecular complexity index is 737. The normalized spacial score (nSPS) is 12.7. The van der Waals surface area contributed by atoms with E-state index in [1.165, 1.54) is 12.1 Å². The molecule has 5 nitrogen and oxygen atoms in total. The molecule has 1 heterocycles. The Balaban J connectivity index is 1.70. The van der Waals surface area contributed by atoms with Gasteiger partial charge in [0.05, 0.1) is 5.56 Å². The highest BCUT2D eigenvalue weighted by Gasteiger charge is 2.20. The van der Waals surface area contributed by atoms with Crippen LogP contribution in [0.1, 0.15) is 33.6 Å². The van der Waals surface area contributed by atoms with Gasteiger partial charge in [-0.05, 0) is 6.07 Å². The maximum Gasteiger partial charge on any atom is 0.167 e. The van der Waals surface area contributed by atoms with Gasteiger partial charge in [-0.25, -0.2) is 0 Å². The Kier molecular flexibility index (Phi) is 4.28. The van der Waals surface area contributed by atoms with Crippen molar-refractivity contribution in [2.45, 2.75) is 12.8 Å². The zero-order valence-electron chi connectivity index (χ0n) is 12.5. The van der Waals surface area contributed by atoms with Gasteiger partial charge in [0, 0.05) is 24.5 Å². The van der Waals surface area contributed by atoms with Crippen molar-refractivity contribution in [3.05, 3.63) is 53.6 Å². The van der Waals surface area contributed by atoms with Crippen molar-refractivity contribution >= 4 is 11.6 Å². The number of hydrogen-bond donors (Lipinski definition) is 1.